The van der Waals surface area contributed by atoms with Gasteiger partial charge >= 0.3 is 6.18 Å². The third kappa shape index (κ3) is 5.75. The summed E-state index contributed by atoms with van der Waals surface area (Å²) in [4.78, 5) is 10.4. The molecule has 10 heteroatoms. The topological polar surface area (TPSA) is 81.8 Å². The monoisotopic (exact) mass is 487 g/mol. The number of nitrogens with zero attached hydrogens (tertiary/aromatic N) is 4. The van der Waals surface area contributed by atoms with Gasteiger partial charge < -0.3 is 15.5 Å². The van der Waals surface area contributed by atoms with E-state index in [-0.39, 0.29) is 17.6 Å². The molecular formula is C25H32F3N7. The first kappa shape index (κ1) is 25.0. The molecule has 0 atom stereocenters. The standard InChI is InChI=1S/C25H32F3N7/c1-14-11-21(15(2)10-19(14)17-6-8-18(9-7-17)35(4)5)30-24-29-13-20(25(26,27)28)23(32-24)31-22-12-16(3)33-34-22/h10-13,17-18H,6-9H2,1-5H3,(H3,29,30,31,32,33,34). The molecule has 1 fully saturated rings. The molecule has 0 spiro atoms. The van der Waals surface area contributed by atoms with E-state index in [0.29, 0.717) is 12.0 Å². The first-order valence-corrected chi connectivity index (χ1v) is 11.8. The van der Waals surface area contributed by atoms with Crippen LogP contribution in [-0.4, -0.2) is 45.2 Å². The maximum atomic E-state index is 13.6. The van der Waals surface area contributed by atoms with Crippen molar-refractivity contribution in [3.8, 4) is 0 Å². The molecular weight excluding hydrogens is 455 g/mol. The van der Waals surface area contributed by atoms with Gasteiger partial charge in [0.1, 0.15) is 11.4 Å². The van der Waals surface area contributed by atoms with E-state index >= 15 is 0 Å². The van der Waals surface area contributed by atoms with E-state index in [1.54, 1.807) is 13.0 Å². The number of nitrogens with one attached hydrogen (secondary N) is 3. The minimum atomic E-state index is -4.61. The summed E-state index contributed by atoms with van der Waals surface area (Å²) in [7, 11) is 4.28. The zero-order chi connectivity index (χ0) is 25.3. The lowest BCUT2D eigenvalue weighted by Gasteiger charge is -2.33. The number of hydrogen-bond acceptors (Lipinski definition) is 6. The predicted molar refractivity (Wildman–Crippen MR) is 132 cm³/mol. The Bertz CT molecular complexity index is 1180. The molecule has 0 amide bonds. The molecule has 7 nitrogen and oxygen atoms in total. The molecule has 4 rings (SSSR count). The number of aromatic amines is 1. The smallest absolute Gasteiger partial charge is 0.324 e. The number of anilines is 4. The number of H-pyrrole nitrogens is 1. The van der Waals surface area contributed by atoms with E-state index < -0.39 is 11.7 Å². The highest BCUT2D eigenvalue weighted by Crippen LogP contribution is 2.38. The quantitative estimate of drug-likeness (QED) is 0.383. The van der Waals surface area contributed by atoms with Crippen LogP contribution in [0.25, 0.3) is 0 Å². The summed E-state index contributed by atoms with van der Waals surface area (Å²) in [5, 5.41) is 12.4. The molecule has 1 saturated carbocycles. The summed E-state index contributed by atoms with van der Waals surface area (Å²) in [6, 6.07) is 6.47. The van der Waals surface area contributed by atoms with Crippen molar-refractivity contribution in [1.29, 1.82) is 0 Å². The number of alkyl halides is 3. The zero-order valence-corrected chi connectivity index (χ0v) is 20.7. The summed E-state index contributed by atoms with van der Waals surface area (Å²) in [6.45, 7) is 5.84. The molecule has 35 heavy (non-hydrogen) atoms. The second-order valence-electron chi connectivity index (χ2n) is 9.63. The van der Waals surface area contributed by atoms with E-state index in [0.717, 1.165) is 41.5 Å². The molecule has 2 aromatic heterocycles. The van der Waals surface area contributed by atoms with Crippen molar-refractivity contribution in [3.63, 3.8) is 0 Å². The molecule has 3 aromatic rings. The predicted octanol–water partition coefficient (Wildman–Crippen LogP) is 6.22. The fourth-order valence-corrected chi connectivity index (χ4v) is 4.78. The molecule has 0 aliphatic heterocycles. The van der Waals surface area contributed by atoms with Gasteiger partial charge in [0.2, 0.25) is 5.95 Å². The minimum Gasteiger partial charge on any atom is -0.324 e. The molecule has 0 unspecified atom stereocenters. The number of benzene rings is 1. The molecule has 1 aliphatic carbocycles. The Morgan fingerprint density at radius 1 is 0.971 bits per heavy atom. The van der Waals surface area contributed by atoms with Crippen LogP contribution in [0.5, 0.6) is 0 Å². The first-order chi connectivity index (χ1) is 16.5. The van der Waals surface area contributed by atoms with Crippen molar-refractivity contribution < 1.29 is 13.2 Å². The third-order valence-corrected chi connectivity index (χ3v) is 6.77. The lowest BCUT2D eigenvalue weighted by atomic mass is 9.79. The number of aryl methyl sites for hydroxylation is 3. The van der Waals surface area contributed by atoms with Gasteiger partial charge in [0.05, 0.1) is 0 Å². The molecule has 3 N–H and O–H groups in total. The Hall–Kier alpha value is -3.14. The summed E-state index contributed by atoms with van der Waals surface area (Å²) in [6.07, 6.45) is 0.851. The normalized spacial score (nSPS) is 18.7. The number of rotatable bonds is 6. The van der Waals surface area contributed by atoms with Gasteiger partial charge in [-0.3, -0.25) is 5.10 Å². The average molecular weight is 488 g/mol. The Morgan fingerprint density at radius 2 is 1.69 bits per heavy atom. The van der Waals surface area contributed by atoms with Crippen molar-refractivity contribution in [3.05, 3.63) is 52.3 Å². The summed E-state index contributed by atoms with van der Waals surface area (Å²) >= 11 is 0. The van der Waals surface area contributed by atoms with Gasteiger partial charge in [0.25, 0.3) is 0 Å². The summed E-state index contributed by atoms with van der Waals surface area (Å²) in [5.41, 5.74) is 4.03. The van der Waals surface area contributed by atoms with Crippen molar-refractivity contribution in [1.82, 2.24) is 25.1 Å². The Labute approximate surface area is 203 Å². The van der Waals surface area contributed by atoms with Gasteiger partial charge in [-0.05, 0) is 89.2 Å². The van der Waals surface area contributed by atoms with Gasteiger partial charge in [-0.25, -0.2) is 4.98 Å². The highest BCUT2D eigenvalue weighted by atomic mass is 19.4. The highest BCUT2D eigenvalue weighted by Gasteiger charge is 2.35. The van der Waals surface area contributed by atoms with Crippen molar-refractivity contribution in [2.45, 2.75) is 64.6 Å². The first-order valence-electron chi connectivity index (χ1n) is 11.8. The van der Waals surface area contributed by atoms with E-state index in [1.165, 1.54) is 18.4 Å². The average Bonchev–Trinajstić information content (AvgIpc) is 3.20. The minimum absolute atomic E-state index is 0.0782. The van der Waals surface area contributed by atoms with E-state index in [2.05, 4.69) is 62.8 Å². The Kier molecular flexibility index (Phi) is 7.02. The molecule has 188 valence electrons. The van der Waals surface area contributed by atoms with Crippen molar-refractivity contribution >= 4 is 23.3 Å². The fourth-order valence-electron chi connectivity index (χ4n) is 4.78. The van der Waals surface area contributed by atoms with Crippen LogP contribution < -0.4 is 10.6 Å². The van der Waals surface area contributed by atoms with Gasteiger partial charge in [0, 0.05) is 29.7 Å². The SMILES string of the molecule is Cc1cc(Nc2nc(Nc3cc(C)c(C4CCC(N(C)C)CC4)cc3C)ncc2C(F)(F)F)n[nH]1. The molecule has 0 radical (unpaired) electrons. The van der Waals surface area contributed by atoms with E-state index in [1.807, 2.05) is 13.0 Å². The van der Waals surface area contributed by atoms with Crippen LogP contribution in [0.1, 0.15) is 59.5 Å². The largest absolute Gasteiger partial charge is 0.421 e. The van der Waals surface area contributed by atoms with Crippen LogP contribution in [0.2, 0.25) is 0 Å². The highest BCUT2D eigenvalue weighted by molar-refractivity contribution is 5.64. The van der Waals surface area contributed by atoms with Gasteiger partial charge in [-0.15, -0.1) is 0 Å². The van der Waals surface area contributed by atoms with Crippen LogP contribution >= 0.6 is 0 Å². The zero-order valence-electron chi connectivity index (χ0n) is 20.7. The molecule has 0 bridgehead atoms. The van der Waals surface area contributed by atoms with Gasteiger partial charge in [-0.2, -0.15) is 23.3 Å². The molecule has 1 aromatic carbocycles. The van der Waals surface area contributed by atoms with Crippen molar-refractivity contribution in [2.75, 3.05) is 24.7 Å². The van der Waals surface area contributed by atoms with Crippen LogP contribution in [0.15, 0.2) is 24.4 Å². The van der Waals surface area contributed by atoms with Gasteiger partial charge in [-0.1, -0.05) is 6.07 Å². The third-order valence-electron chi connectivity index (χ3n) is 6.77. The van der Waals surface area contributed by atoms with Crippen LogP contribution in [0.4, 0.5) is 36.4 Å². The molecule has 1 aliphatic rings. The van der Waals surface area contributed by atoms with Crippen molar-refractivity contribution in [2.24, 2.45) is 0 Å². The summed E-state index contributed by atoms with van der Waals surface area (Å²) in [5.74, 6) is 0.493. The lowest BCUT2D eigenvalue weighted by molar-refractivity contribution is -0.137. The number of halogens is 3. The van der Waals surface area contributed by atoms with Crippen LogP contribution in [0.3, 0.4) is 0 Å². The number of hydrogen-bond donors (Lipinski definition) is 3. The second-order valence-corrected chi connectivity index (χ2v) is 9.63. The number of aromatic nitrogens is 4. The fraction of sp³-hybridized carbons (Fsp3) is 0.480. The van der Waals surface area contributed by atoms with E-state index in [4.69, 9.17) is 0 Å². The lowest BCUT2D eigenvalue weighted by Crippen LogP contribution is -2.31. The van der Waals surface area contributed by atoms with Crippen LogP contribution in [0, 0.1) is 20.8 Å². The van der Waals surface area contributed by atoms with Crippen LogP contribution in [-0.2, 0) is 6.18 Å². The summed E-state index contributed by atoms with van der Waals surface area (Å²) < 4.78 is 40.7. The maximum absolute atomic E-state index is 13.6. The Morgan fingerprint density at radius 3 is 2.29 bits per heavy atom. The second kappa shape index (κ2) is 9.85. The Balaban J connectivity index is 1.56. The van der Waals surface area contributed by atoms with E-state index in [9.17, 15) is 13.2 Å². The van der Waals surface area contributed by atoms with Gasteiger partial charge in [0.15, 0.2) is 5.82 Å². The maximum Gasteiger partial charge on any atom is 0.421 e. The molecule has 2 heterocycles. The molecule has 0 saturated heterocycles.